The molecule has 2 unspecified atom stereocenters. The number of nitrogens with zero attached hydrogens (tertiary/aromatic N) is 3. The Hall–Kier alpha value is -2.14. The van der Waals surface area contributed by atoms with Crippen LogP contribution in [-0.2, 0) is 6.54 Å². The van der Waals surface area contributed by atoms with Crippen LogP contribution in [0.4, 0.5) is 0 Å². The van der Waals surface area contributed by atoms with Crippen molar-refractivity contribution in [3.8, 4) is 0 Å². The third kappa shape index (κ3) is 3.62. The zero-order valence-electron chi connectivity index (χ0n) is 13.6. The first-order valence-corrected chi connectivity index (χ1v) is 8.24. The van der Waals surface area contributed by atoms with Crippen LogP contribution in [0.15, 0.2) is 42.7 Å². The lowest BCUT2D eigenvalue weighted by atomic mass is 9.92. The summed E-state index contributed by atoms with van der Waals surface area (Å²) in [5, 5.41) is 4.20. The molecule has 2 heterocycles. The lowest BCUT2D eigenvalue weighted by molar-refractivity contribution is 0.0573. The molecule has 1 amide bonds. The summed E-state index contributed by atoms with van der Waals surface area (Å²) in [5.41, 5.74) is 7.74. The molecule has 0 aliphatic carbocycles. The molecule has 1 saturated heterocycles. The maximum atomic E-state index is 12.8. The van der Waals surface area contributed by atoms with Gasteiger partial charge in [-0.2, -0.15) is 5.10 Å². The smallest absolute Gasteiger partial charge is 0.254 e. The van der Waals surface area contributed by atoms with Crippen molar-refractivity contribution in [1.29, 1.82) is 0 Å². The lowest BCUT2D eigenvalue weighted by Crippen LogP contribution is -2.49. The number of nitrogens with two attached hydrogens (primary N) is 1. The van der Waals surface area contributed by atoms with Crippen molar-refractivity contribution in [1.82, 2.24) is 14.7 Å². The molecule has 122 valence electrons. The molecular formula is C18H24N4O. The van der Waals surface area contributed by atoms with Gasteiger partial charge in [0.15, 0.2) is 0 Å². The van der Waals surface area contributed by atoms with Crippen molar-refractivity contribution in [3.05, 3.63) is 53.9 Å². The van der Waals surface area contributed by atoms with E-state index in [1.54, 1.807) is 6.20 Å². The normalized spacial score (nSPS) is 21.4. The summed E-state index contributed by atoms with van der Waals surface area (Å²) < 4.78 is 1.87. The minimum atomic E-state index is 0.0954. The standard InChI is InChI=1S/C18H24N4O/c1-14-7-10-22(17(11-14)12-19)18(23)16-5-3-15(4-6-16)13-21-9-2-8-20-21/h2-6,8-9,14,17H,7,10-13,19H2,1H3. The maximum Gasteiger partial charge on any atom is 0.254 e. The number of aromatic nitrogens is 2. The number of rotatable bonds is 4. The van der Waals surface area contributed by atoms with Crippen LogP contribution in [0, 0.1) is 5.92 Å². The molecule has 2 N–H and O–H groups in total. The van der Waals surface area contributed by atoms with Crippen LogP contribution in [0.1, 0.15) is 35.7 Å². The van der Waals surface area contributed by atoms with E-state index < -0.39 is 0 Å². The number of hydrogen-bond donors (Lipinski definition) is 1. The highest BCUT2D eigenvalue weighted by Crippen LogP contribution is 2.23. The predicted molar refractivity (Wildman–Crippen MR) is 90.0 cm³/mol. The van der Waals surface area contributed by atoms with Crippen LogP contribution < -0.4 is 5.73 Å². The molecule has 1 fully saturated rings. The van der Waals surface area contributed by atoms with Gasteiger partial charge < -0.3 is 10.6 Å². The Morgan fingerprint density at radius 1 is 1.35 bits per heavy atom. The summed E-state index contributed by atoms with van der Waals surface area (Å²) in [6.45, 7) is 4.28. The molecule has 0 spiro atoms. The third-order valence-corrected chi connectivity index (χ3v) is 4.62. The first-order chi connectivity index (χ1) is 11.2. The Morgan fingerprint density at radius 3 is 2.78 bits per heavy atom. The van der Waals surface area contributed by atoms with Crippen molar-refractivity contribution < 1.29 is 4.79 Å². The molecule has 0 radical (unpaired) electrons. The Balaban J connectivity index is 1.69. The van der Waals surface area contributed by atoms with Gasteiger partial charge in [-0.1, -0.05) is 19.1 Å². The lowest BCUT2D eigenvalue weighted by Gasteiger charge is -2.38. The van der Waals surface area contributed by atoms with Crippen LogP contribution in [0.25, 0.3) is 0 Å². The zero-order chi connectivity index (χ0) is 16.2. The fraction of sp³-hybridized carbons (Fsp3) is 0.444. The van der Waals surface area contributed by atoms with Crippen LogP contribution >= 0.6 is 0 Å². The van der Waals surface area contributed by atoms with Gasteiger partial charge in [0.05, 0.1) is 6.54 Å². The predicted octanol–water partition coefficient (Wildman–Crippen LogP) is 2.13. The summed E-state index contributed by atoms with van der Waals surface area (Å²) in [5.74, 6) is 0.738. The largest absolute Gasteiger partial charge is 0.334 e. The van der Waals surface area contributed by atoms with Crippen LogP contribution in [0.2, 0.25) is 0 Å². The maximum absolute atomic E-state index is 12.8. The minimum Gasteiger partial charge on any atom is -0.334 e. The van der Waals surface area contributed by atoms with Crippen LogP contribution in [0.5, 0.6) is 0 Å². The molecule has 1 aliphatic heterocycles. The van der Waals surface area contributed by atoms with Gasteiger partial charge >= 0.3 is 0 Å². The van der Waals surface area contributed by atoms with E-state index in [1.807, 2.05) is 46.1 Å². The Morgan fingerprint density at radius 2 is 2.13 bits per heavy atom. The van der Waals surface area contributed by atoms with Crippen molar-refractivity contribution in [2.24, 2.45) is 11.7 Å². The van der Waals surface area contributed by atoms with Gasteiger partial charge in [-0.3, -0.25) is 9.48 Å². The topological polar surface area (TPSA) is 64.2 Å². The summed E-state index contributed by atoms with van der Waals surface area (Å²) in [6.07, 6.45) is 5.75. The zero-order valence-corrected chi connectivity index (χ0v) is 13.6. The second kappa shape index (κ2) is 6.96. The number of piperidine rings is 1. The van der Waals surface area contributed by atoms with E-state index in [2.05, 4.69) is 12.0 Å². The molecule has 1 aliphatic rings. The summed E-state index contributed by atoms with van der Waals surface area (Å²) >= 11 is 0. The molecule has 23 heavy (non-hydrogen) atoms. The van der Waals surface area contributed by atoms with Crippen molar-refractivity contribution in [2.45, 2.75) is 32.4 Å². The van der Waals surface area contributed by atoms with Crippen LogP contribution in [0.3, 0.4) is 0 Å². The molecule has 5 nitrogen and oxygen atoms in total. The second-order valence-corrected chi connectivity index (χ2v) is 6.42. The minimum absolute atomic E-state index is 0.0954. The fourth-order valence-corrected chi connectivity index (χ4v) is 3.24. The number of carbonyl (C=O) groups excluding carboxylic acids is 1. The average molecular weight is 312 g/mol. The van der Waals surface area contributed by atoms with E-state index in [0.29, 0.717) is 19.0 Å². The fourth-order valence-electron chi connectivity index (χ4n) is 3.24. The summed E-state index contributed by atoms with van der Waals surface area (Å²) in [6, 6.07) is 9.88. The molecule has 1 aromatic carbocycles. The van der Waals surface area contributed by atoms with Crippen molar-refractivity contribution in [2.75, 3.05) is 13.1 Å². The van der Waals surface area contributed by atoms with Gasteiger partial charge in [0.1, 0.15) is 0 Å². The summed E-state index contributed by atoms with van der Waals surface area (Å²) in [7, 11) is 0. The van der Waals surface area contributed by atoms with Crippen molar-refractivity contribution in [3.63, 3.8) is 0 Å². The summed E-state index contributed by atoms with van der Waals surface area (Å²) in [4.78, 5) is 14.7. The molecular weight excluding hydrogens is 288 g/mol. The average Bonchev–Trinajstić information content (AvgIpc) is 3.08. The van der Waals surface area contributed by atoms with E-state index >= 15 is 0 Å². The first-order valence-electron chi connectivity index (χ1n) is 8.24. The Labute approximate surface area is 137 Å². The van der Waals surface area contributed by atoms with Gasteiger partial charge in [-0.05, 0) is 42.5 Å². The van der Waals surface area contributed by atoms with Gasteiger partial charge in [-0.25, -0.2) is 0 Å². The van der Waals surface area contributed by atoms with Crippen molar-refractivity contribution >= 4 is 5.91 Å². The SMILES string of the molecule is CC1CCN(C(=O)c2ccc(Cn3cccn3)cc2)C(CN)C1. The van der Waals surface area contributed by atoms with Crippen LogP contribution in [-0.4, -0.2) is 39.7 Å². The van der Waals surface area contributed by atoms with E-state index in [4.69, 9.17) is 5.73 Å². The van der Waals surface area contributed by atoms with Gasteiger partial charge in [-0.15, -0.1) is 0 Å². The quantitative estimate of drug-likeness (QED) is 0.940. The number of amides is 1. The first kappa shape index (κ1) is 15.7. The van der Waals surface area contributed by atoms with E-state index in [-0.39, 0.29) is 11.9 Å². The Bertz CT molecular complexity index is 636. The number of benzene rings is 1. The number of likely N-dealkylation sites (tertiary alicyclic amines) is 1. The molecule has 5 heteroatoms. The van der Waals surface area contributed by atoms with Gasteiger partial charge in [0, 0.05) is 37.1 Å². The monoisotopic (exact) mass is 312 g/mol. The second-order valence-electron chi connectivity index (χ2n) is 6.42. The van der Waals surface area contributed by atoms with Gasteiger partial charge in [0.2, 0.25) is 0 Å². The molecule has 0 saturated carbocycles. The number of carbonyl (C=O) groups is 1. The molecule has 2 atom stereocenters. The van der Waals surface area contributed by atoms with E-state index in [0.717, 1.165) is 30.5 Å². The third-order valence-electron chi connectivity index (χ3n) is 4.62. The van der Waals surface area contributed by atoms with Gasteiger partial charge in [0.25, 0.3) is 5.91 Å². The Kier molecular flexibility index (Phi) is 4.76. The van der Waals surface area contributed by atoms with E-state index in [1.165, 1.54) is 0 Å². The highest BCUT2D eigenvalue weighted by molar-refractivity contribution is 5.94. The molecule has 3 rings (SSSR count). The number of hydrogen-bond acceptors (Lipinski definition) is 3. The molecule has 1 aromatic heterocycles. The van der Waals surface area contributed by atoms with E-state index in [9.17, 15) is 4.79 Å². The molecule has 0 bridgehead atoms. The highest BCUT2D eigenvalue weighted by Gasteiger charge is 2.29. The molecule has 2 aromatic rings. The highest BCUT2D eigenvalue weighted by atomic mass is 16.2.